The molecule has 0 aliphatic carbocycles. The van der Waals surface area contributed by atoms with E-state index in [4.69, 9.17) is 14.2 Å². The van der Waals surface area contributed by atoms with Crippen molar-refractivity contribution >= 4 is 17.9 Å². The molecule has 0 amide bonds. The quantitative estimate of drug-likeness (QED) is 0.0261. The third-order valence-corrected chi connectivity index (χ3v) is 14.2. The molecule has 0 rings (SSSR count). The smallest absolute Gasteiger partial charge is 0.306 e. The number of hydrogen-bond acceptors (Lipinski definition) is 6. The monoisotopic (exact) mass is 985 g/mol. The van der Waals surface area contributed by atoms with Gasteiger partial charge in [-0.15, -0.1) is 0 Å². The summed E-state index contributed by atoms with van der Waals surface area (Å²) in [5, 5.41) is 0. The molecular weight excluding hydrogens is 865 g/mol. The van der Waals surface area contributed by atoms with E-state index in [1.165, 1.54) is 231 Å². The second kappa shape index (κ2) is 59.5. The molecule has 412 valence electrons. The maximum Gasteiger partial charge on any atom is 0.306 e. The van der Waals surface area contributed by atoms with Crippen LogP contribution in [0.25, 0.3) is 0 Å². The first kappa shape index (κ1) is 67.9. The van der Waals surface area contributed by atoms with Gasteiger partial charge in [0.05, 0.1) is 0 Å². The van der Waals surface area contributed by atoms with Crippen LogP contribution in [0.4, 0.5) is 0 Å². The summed E-state index contributed by atoms with van der Waals surface area (Å²) < 4.78 is 16.8. The van der Waals surface area contributed by atoms with Gasteiger partial charge in [0, 0.05) is 19.3 Å². The van der Waals surface area contributed by atoms with Crippen molar-refractivity contribution in [1.82, 2.24) is 0 Å². The van der Waals surface area contributed by atoms with Crippen molar-refractivity contribution in [3.8, 4) is 0 Å². The van der Waals surface area contributed by atoms with Crippen molar-refractivity contribution in [2.75, 3.05) is 13.2 Å². The molecule has 0 aliphatic heterocycles. The normalized spacial score (nSPS) is 12.1. The summed E-state index contributed by atoms with van der Waals surface area (Å²) in [6, 6.07) is 0. The Labute approximate surface area is 436 Å². The van der Waals surface area contributed by atoms with Gasteiger partial charge in [-0.3, -0.25) is 14.4 Å². The van der Waals surface area contributed by atoms with Gasteiger partial charge in [0.2, 0.25) is 0 Å². The first-order valence-electron chi connectivity index (χ1n) is 31.3. The fraction of sp³-hybridized carbons (Fsp3) is 0.891. The van der Waals surface area contributed by atoms with E-state index in [-0.39, 0.29) is 31.1 Å². The highest BCUT2D eigenvalue weighted by Crippen LogP contribution is 2.18. The molecule has 6 nitrogen and oxygen atoms in total. The predicted octanol–water partition coefficient (Wildman–Crippen LogP) is 21.1. The molecule has 0 aromatic heterocycles. The van der Waals surface area contributed by atoms with Gasteiger partial charge >= 0.3 is 17.9 Å². The van der Waals surface area contributed by atoms with Gasteiger partial charge in [-0.1, -0.05) is 302 Å². The maximum absolute atomic E-state index is 12.8. The number of rotatable bonds is 58. The second-order valence-corrected chi connectivity index (χ2v) is 21.3. The number of carbonyl (C=O) groups is 3. The van der Waals surface area contributed by atoms with Gasteiger partial charge in [0.1, 0.15) is 13.2 Å². The Bertz CT molecular complexity index is 1130. The van der Waals surface area contributed by atoms with Gasteiger partial charge in [0.25, 0.3) is 0 Å². The summed E-state index contributed by atoms with van der Waals surface area (Å²) in [4.78, 5) is 38.0. The molecule has 0 N–H and O–H groups in total. The first-order chi connectivity index (χ1) is 34.5. The second-order valence-electron chi connectivity index (χ2n) is 21.3. The van der Waals surface area contributed by atoms with E-state index >= 15 is 0 Å². The highest BCUT2D eigenvalue weighted by molar-refractivity contribution is 5.71. The van der Waals surface area contributed by atoms with Crippen LogP contribution in [0.2, 0.25) is 0 Å². The standard InChI is InChI=1S/C64H120O6/c1-4-7-10-13-16-19-21-23-25-27-28-29-30-31-32-33-34-35-36-37-38-40-41-43-45-48-51-54-57-63(66)69-60-61(59-68-62(65)56-53-50-47-18-15-12-9-6-3)70-64(67)58-55-52-49-46-44-42-39-26-24-22-20-17-14-11-8-5-2/h20,22,26,39,61H,4-19,21,23-25,27-38,40-60H2,1-3H3/b22-20-,39-26-. The van der Waals surface area contributed by atoms with Crippen molar-refractivity contribution in [3.05, 3.63) is 24.3 Å². The minimum Gasteiger partial charge on any atom is -0.462 e. The topological polar surface area (TPSA) is 78.9 Å². The predicted molar refractivity (Wildman–Crippen MR) is 303 cm³/mol. The molecule has 1 unspecified atom stereocenters. The largest absolute Gasteiger partial charge is 0.462 e. The van der Waals surface area contributed by atoms with E-state index in [0.29, 0.717) is 19.3 Å². The number of esters is 3. The molecule has 0 aliphatic rings. The lowest BCUT2D eigenvalue weighted by Crippen LogP contribution is -2.30. The lowest BCUT2D eigenvalue weighted by Gasteiger charge is -2.18. The van der Waals surface area contributed by atoms with E-state index in [9.17, 15) is 14.4 Å². The van der Waals surface area contributed by atoms with Gasteiger partial charge in [-0.05, 0) is 51.4 Å². The number of allylic oxidation sites excluding steroid dienone is 4. The molecule has 6 heteroatoms. The summed E-state index contributed by atoms with van der Waals surface area (Å²) in [7, 11) is 0. The highest BCUT2D eigenvalue weighted by Gasteiger charge is 2.19. The van der Waals surface area contributed by atoms with Crippen molar-refractivity contribution in [1.29, 1.82) is 0 Å². The average molecular weight is 986 g/mol. The molecule has 70 heavy (non-hydrogen) atoms. The van der Waals surface area contributed by atoms with E-state index in [2.05, 4.69) is 45.1 Å². The van der Waals surface area contributed by atoms with Gasteiger partial charge in [-0.2, -0.15) is 0 Å². The average Bonchev–Trinajstić information content (AvgIpc) is 3.36. The zero-order chi connectivity index (χ0) is 50.7. The minimum absolute atomic E-state index is 0.0720. The Morgan fingerprint density at radius 3 is 0.800 bits per heavy atom. The van der Waals surface area contributed by atoms with E-state index in [1.807, 2.05) is 0 Å². The van der Waals surface area contributed by atoms with Gasteiger partial charge in [0.15, 0.2) is 6.10 Å². The fourth-order valence-corrected chi connectivity index (χ4v) is 9.48. The summed E-state index contributed by atoms with van der Waals surface area (Å²) in [5.74, 6) is -0.870. The molecule has 0 fully saturated rings. The highest BCUT2D eigenvalue weighted by atomic mass is 16.6. The van der Waals surface area contributed by atoms with Crippen molar-refractivity contribution < 1.29 is 28.6 Å². The third-order valence-electron chi connectivity index (χ3n) is 14.2. The van der Waals surface area contributed by atoms with Crippen molar-refractivity contribution in [2.45, 2.75) is 354 Å². The molecule has 0 heterocycles. The zero-order valence-electron chi connectivity index (χ0n) is 47.3. The van der Waals surface area contributed by atoms with Crippen LogP contribution < -0.4 is 0 Å². The lowest BCUT2D eigenvalue weighted by molar-refractivity contribution is -0.167. The van der Waals surface area contributed by atoms with Crippen LogP contribution in [0, 0.1) is 0 Å². The van der Waals surface area contributed by atoms with Crippen molar-refractivity contribution in [3.63, 3.8) is 0 Å². The van der Waals surface area contributed by atoms with E-state index < -0.39 is 6.10 Å². The number of unbranched alkanes of at least 4 members (excludes halogenated alkanes) is 43. The van der Waals surface area contributed by atoms with Crippen LogP contribution in [-0.2, 0) is 28.6 Å². The van der Waals surface area contributed by atoms with Crippen molar-refractivity contribution in [2.24, 2.45) is 0 Å². The maximum atomic E-state index is 12.8. The van der Waals surface area contributed by atoms with Crippen LogP contribution in [-0.4, -0.2) is 37.2 Å². The molecule has 0 spiro atoms. The van der Waals surface area contributed by atoms with Gasteiger partial charge in [-0.25, -0.2) is 0 Å². The molecule has 0 saturated carbocycles. The molecule has 0 aromatic carbocycles. The Morgan fingerprint density at radius 2 is 0.514 bits per heavy atom. The molecule has 0 bridgehead atoms. The molecule has 0 saturated heterocycles. The van der Waals surface area contributed by atoms with Crippen LogP contribution in [0.15, 0.2) is 24.3 Å². The van der Waals surface area contributed by atoms with Crippen LogP contribution in [0.3, 0.4) is 0 Å². The molecule has 0 aromatic rings. The lowest BCUT2D eigenvalue weighted by atomic mass is 10.0. The number of ether oxygens (including phenoxy) is 3. The Hall–Kier alpha value is -2.11. The summed E-state index contributed by atoms with van der Waals surface area (Å²) in [6.07, 6.45) is 70.7. The fourth-order valence-electron chi connectivity index (χ4n) is 9.48. The Morgan fingerprint density at radius 1 is 0.286 bits per heavy atom. The number of carbonyl (C=O) groups excluding carboxylic acids is 3. The summed E-state index contributed by atoms with van der Waals surface area (Å²) in [5.41, 5.74) is 0. The Balaban J connectivity index is 4.06. The van der Waals surface area contributed by atoms with E-state index in [1.54, 1.807) is 0 Å². The van der Waals surface area contributed by atoms with Crippen LogP contribution >= 0.6 is 0 Å². The summed E-state index contributed by atoms with van der Waals surface area (Å²) in [6.45, 7) is 6.63. The minimum atomic E-state index is -0.773. The zero-order valence-corrected chi connectivity index (χ0v) is 47.3. The molecule has 0 radical (unpaired) electrons. The SMILES string of the molecule is CCCCCC/C=C\C/C=C\CCCCCCCC(=O)OC(COC(=O)CCCCCCCCCC)COC(=O)CCCCCCCCCCCCCCCCCCCCCCCCCCCCCC. The summed E-state index contributed by atoms with van der Waals surface area (Å²) >= 11 is 0. The first-order valence-corrected chi connectivity index (χ1v) is 31.3. The van der Waals surface area contributed by atoms with Crippen LogP contribution in [0.1, 0.15) is 348 Å². The van der Waals surface area contributed by atoms with E-state index in [0.717, 1.165) is 77.0 Å². The third kappa shape index (κ3) is 56.8. The van der Waals surface area contributed by atoms with Crippen LogP contribution in [0.5, 0.6) is 0 Å². The molecular formula is C64H120O6. The Kier molecular flexibility index (Phi) is 57.7. The van der Waals surface area contributed by atoms with Gasteiger partial charge < -0.3 is 14.2 Å². The number of hydrogen-bond donors (Lipinski definition) is 0. The molecule has 1 atom stereocenters.